The van der Waals surface area contributed by atoms with E-state index in [0.29, 0.717) is 37.5 Å². The Bertz CT molecular complexity index is 816. The molecule has 2 saturated heterocycles. The molecule has 0 bridgehead atoms. The Kier molecular flexibility index (Phi) is 4.83. The zero-order chi connectivity index (χ0) is 18.8. The number of benzene rings is 1. The van der Waals surface area contributed by atoms with E-state index in [1.54, 1.807) is 4.90 Å². The average Bonchev–Trinajstić information content (AvgIpc) is 3.40. The highest BCUT2D eigenvalue weighted by molar-refractivity contribution is 5.99. The second-order valence-electron chi connectivity index (χ2n) is 7.19. The zero-order valence-electron chi connectivity index (χ0n) is 15.6. The predicted octanol–water partition coefficient (Wildman–Crippen LogP) is 2.62. The van der Waals surface area contributed by atoms with E-state index in [-0.39, 0.29) is 11.9 Å². The first-order chi connectivity index (χ1) is 13.1. The molecule has 2 aliphatic heterocycles. The van der Waals surface area contributed by atoms with Crippen molar-refractivity contribution in [3.8, 4) is 11.3 Å². The number of carbonyl (C=O) groups is 2. The second-order valence-corrected chi connectivity index (χ2v) is 7.19. The van der Waals surface area contributed by atoms with Gasteiger partial charge in [-0.15, -0.1) is 0 Å². The molecular formula is C20H24N4O3. The summed E-state index contributed by atoms with van der Waals surface area (Å²) in [5, 5.41) is 3.84. The average molecular weight is 368 g/mol. The maximum absolute atomic E-state index is 13.0. The third-order valence-corrected chi connectivity index (χ3v) is 5.33. The molecule has 2 aromatic rings. The number of rotatable bonds is 2. The Morgan fingerprint density at radius 3 is 2.15 bits per heavy atom. The molecule has 7 heteroatoms. The Hall–Kier alpha value is -2.83. The molecular weight excluding hydrogens is 344 g/mol. The fraction of sp³-hybridized carbons (Fsp3) is 0.450. The predicted molar refractivity (Wildman–Crippen MR) is 100 cm³/mol. The van der Waals surface area contributed by atoms with Gasteiger partial charge in [0.15, 0.2) is 5.76 Å². The molecule has 3 amide bonds. The lowest BCUT2D eigenvalue weighted by Crippen LogP contribution is -2.53. The van der Waals surface area contributed by atoms with E-state index in [4.69, 9.17) is 4.52 Å². The second kappa shape index (κ2) is 7.42. The summed E-state index contributed by atoms with van der Waals surface area (Å²) < 4.78 is 5.36. The van der Waals surface area contributed by atoms with Gasteiger partial charge in [0.25, 0.3) is 5.91 Å². The van der Waals surface area contributed by atoms with E-state index in [1.165, 1.54) is 6.20 Å². The molecule has 142 valence electrons. The van der Waals surface area contributed by atoms with Gasteiger partial charge in [0.2, 0.25) is 0 Å². The quantitative estimate of drug-likeness (QED) is 0.817. The Morgan fingerprint density at radius 2 is 1.48 bits per heavy atom. The van der Waals surface area contributed by atoms with E-state index in [0.717, 1.165) is 37.1 Å². The van der Waals surface area contributed by atoms with Crippen molar-refractivity contribution >= 4 is 11.9 Å². The summed E-state index contributed by atoms with van der Waals surface area (Å²) in [6, 6.07) is 7.92. The molecule has 0 aliphatic carbocycles. The van der Waals surface area contributed by atoms with E-state index < -0.39 is 0 Å². The fourth-order valence-corrected chi connectivity index (χ4v) is 3.68. The van der Waals surface area contributed by atoms with Crippen molar-refractivity contribution in [1.29, 1.82) is 0 Å². The van der Waals surface area contributed by atoms with Gasteiger partial charge in [-0.3, -0.25) is 4.79 Å². The van der Waals surface area contributed by atoms with E-state index in [9.17, 15) is 9.59 Å². The van der Waals surface area contributed by atoms with E-state index >= 15 is 0 Å². The largest absolute Gasteiger partial charge is 0.355 e. The van der Waals surface area contributed by atoms with Crippen molar-refractivity contribution < 1.29 is 14.1 Å². The number of amides is 3. The normalized spacial score (nSPS) is 17.4. The number of carbonyl (C=O) groups excluding carboxylic acids is 2. The maximum Gasteiger partial charge on any atom is 0.320 e. The molecule has 2 fully saturated rings. The molecule has 0 unspecified atom stereocenters. The number of hydrogen-bond donors (Lipinski definition) is 0. The van der Waals surface area contributed by atoms with E-state index in [2.05, 4.69) is 5.16 Å². The molecule has 0 atom stereocenters. The van der Waals surface area contributed by atoms with Gasteiger partial charge in [-0.25, -0.2) is 4.79 Å². The molecule has 0 N–H and O–H groups in total. The van der Waals surface area contributed by atoms with Crippen molar-refractivity contribution in [3.63, 3.8) is 0 Å². The van der Waals surface area contributed by atoms with Crippen LogP contribution in [0.25, 0.3) is 11.3 Å². The van der Waals surface area contributed by atoms with Crippen LogP contribution in [0.2, 0.25) is 0 Å². The first-order valence-electron chi connectivity index (χ1n) is 9.48. The summed E-state index contributed by atoms with van der Waals surface area (Å²) in [6.45, 7) is 5.88. The van der Waals surface area contributed by atoms with Crippen LogP contribution in [0.4, 0.5) is 4.79 Å². The number of piperazine rings is 1. The van der Waals surface area contributed by atoms with Crippen LogP contribution in [0.1, 0.15) is 28.8 Å². The van der Waals surface area contributed by atoms with Crippen molar-refractivity contribution in [2.24, 2.45) is 0 Å². The van der Waals surface area contributed by atoms with Gasteiger partial charge >= 0.3 is 6.03 Å². The molecule has 7 nitrogen and oxygen atoms in total. The van der Waals surface area contributed by atoms with Crippen LogP contribution < -0.4 is 0 Å². The summed E-state index contributed by atoms with van der Waals surface area (Å²) in [6.07, 6.45) is 3.65. The monoisotopic (exact) mass is 368 g/mol. The third kappa shape index (κ3) is 3.54. The van der Waals surface area contributed by atoms with Gasteiger partial charge in [0.05, 0.1) is 6.20 Å². The number of aryl methyl sites for hydroxylation is 1. The molecule has 1 aromatic heterocycles. The standard InChI is InChI=1S/C20H24N4O3/c1-15-4-6-16(7-5-15)18-17(14-21-27-18)19(25)22-10-12-24(13-11-22)20(26)23-8-2-3-9-23/h4-7,14H,2-3,8-13H2,1H3. The molecule has 4 rings (SSSR count). The van der Waals surface area contributed by atoms with Crippen LogP contribution in [-0.2, 0) is 0 Å². The van der Waals surface area contributed by atoms with Gasteiger partial charge in [-0.05, 0) is 19.8 Å². The van der Waals surface area contributed by atoms with Gasteiger partial charge < -0.3 is 19.2 Å². The van der Waals surface area contributed by atoms with Crippen LogP contribution in [-0.4, -0.2) is 71.1 Å². The lowest BCUT2D eigenvalue weighted by molar-refractivity contribution is 0.0645. The first-order valence-corrected chi connectivity index (χ1v) is 9.48. The summed E-state index contributed by atoms with van der Waals surface area (Å²) >= 11 is 0. The lowest BCUT2D eigenvalue weighted by atomic mass is 10.1. The van der Waals surface area contributed by atoms with Crippen molar-refractivity contribution in [2.75, 3.05) is 39.3 Å². The minimum atomic E-state index is -0.0971. The smallest absolute Gasteiger partial charge is 0.320 e. The third-order valence-electron chi connectivity index (χ3n) is 5.33. The Labute approximate surface area is 158 Å². The van der Waals surface area contributed by atoms with Gasteiger partial charge in [0, 0.05) is 44.8 Å². The van der Waals surface area contributed by atoms with Crippen LogP contribution in [0, 0.1) is 6.92 Å². The molecule has 27 heavy (non-hydrogen) atoms. The van der Waals surface area contributed by atoms with Crippen LogP contribution in [0.15, 0.2) is 35.0 Å². The number of nitrogens with zero attached hydrogens (tertiary/aromatic N) is 4. The van der Waals surface area contributed by atoms with Crippen molar-refractivity contribution in [3.05, 3.63) is 41.6 Å². The number of aromatic nitrogens is 1. The summed E-state index contributed by atoms with van der Waals surface area (Å²) in [4.78, 5) is 31.0. The minimum Gasteiger partial charge on any atom is -0.355 e. The molecule has 1 aromatic carbocycles. The molecule has 0 radical (unpaired) electrons. The van der Waals surface area contributed by atoms with E-state index in [1.807, 2.05) is 41.0 Å². The van der Waals surface area contributed by atoms with Crippen LogP contribution >= 0.6 is 0 Å². The molecule has 0 spiro atoms. The topological polar surface area (TPSA) is 69.9 Å². The summed E-state index contributed by atoms with van der Waals surface area (Å²) in [7, 11) is 0. The number of urea groups is 1. The first kappa shape index (κ1) is 17.6. The number of likely N-dealkylation sites (tertiary alicyclic amines) is 1. The van der Waals surface area contributed by atoms with Crippen LogP contribution in [0.5, 0.6) is 0 Å². The minimum absolute atomic E-state index is 0.0971. The van der Waals surface area contributed by atoms with Crippen molar-refractivity contribution in [1.82, 2.24) is 19.9 Å². The lowest BCUT2D eigenvalue weighted by Gasteiger charge is -2.36. The Balaban J connectivity index is 1.42. The van der Waals surface area contributed by atoms with Gasteiger partial charge in [-0.1, -0.05) is 35.0 Å². The SMILES string of the molecule is Cc1ccc(-c2oncc2C(=O)N2CCN(C(=O)N3CCCC3)CC2)cc1. The highest BCUT2D eigenvalue weighted by atomic mass is 16.5. The molecule has 0 saturated carbocycles. The summed E-state index contributed by atoms with van der Waals surface area (Å²) in [5.41, 5.74) is 2.45. The van der Waals surface area contributed by atoms with Gasteiger partial charge in [-0.2, -0.15) is 0 Å². The zero-order valence-corrected chi connectivity index (χ0v) is 15.6. The number of hydrogen-bond acceptors (Lipinski definition) is 4. The molecule has 3 heterocycles. The highest BCUT2D eigenvalue weighted by Crippen LogP contribution is 2.25. The van der Waals surface area contributed by atoms with Crippen molar-refractivity contribution in [2.45, 2.75) is 19.8 Å². The van der Waals surface area contributed by atoms with Gasteiger partial charge in [0.1, 0.15) is 5.56 Å². The maximum atomic E-state index is 13.0. The highest BCUT2D eigenvalue weighted by Gasteiger charge is 2.30. The Morgan fingerprint density at radius 1 is 0.889 bits per heavy atom. The summed E-state index contributed by atoms with van der Waals surface area (Å²) in [5.74, 6) is 0.399. The van der Waals surface area contributed by atoms with Crippen LogP contribution in [0.3, 0.4) is 0 Å². The fourth-order valence-electron chi connectivity index (χ4n) is 3.68. The molecule has 2 aliphatic rings.